The van der Waals surface area contributed by atoms with Crippen molar-refractivity contribution in [3.63, 3.8) is 0 Å². The molecular formula is C25H35NOS. The van der Waals surface area contributed by atoms with Gasteiger partial charge in [0.05, 0.1) is 0 Å². The normalized spacial score (nSPS) is 14.3. The molecule has 2 aromatic heterocycles. The number of furan rings is 1. The van der Waals surface area contributed by atoms with Crippen molar-refractivity contribution in [1.82, 2.24) is 0 Å². The maximum atomic E-state index is 5.08. The summed E-state index contributed by atoms with van der Waals surface area (Å²) in [5, 5.41) is 0. The van der Waals surface area contributed by atoms with Crippen LogP contribution in [0.4, 0.5) is 0 Å². The van der Waals surface area contributed by atoms with Crippen molar-refractivity contribution >= 4 is 17.0 Å². The molecular weight excluding hydrogens is 362 g/mol. The molecule has 0 fully saturated rings. The van der Waals surface area contributed by atoms with Gasteiger partial charge in [-0.3, -0.25) is 4.99 Å². The maximum absolute atomic E-state index is 5.08. The van der Waals surface area contributed by atoms with Crippen LogP contribution in [0.3, 0.4) is 0 Å². The number of nitrogens with zero attached hydrogens (tertiary/aromatic N) is 1. The molecule has 0 saturated heterocycles. The highest BCUT2D eigenvalue weighted by Crippen LogP contribution is 2.16. The van der Waals surface area contributed by atoms with E-state index >= 15 is 0 Å². The molecule has 0 bridgehead atoms. The van der Waals surface area contributed by atoms with Crippen molar-refractivity contribution in [1.29, 1.82) is 0 Å². The third-order valence-corrected chi connectivity index (χ3v) is 4.92. The zero-order valence-electron chi connectivity index (χ0n) is 18.7. The number of hydrogen-bond acceptors (Lipinski definition) is 3. The van der Waals surface area contributed by atoms with Gasteiger partial charge < -0.3 is 4.42 Å². The summed E-state index contributed by atoms with van der Waals surface area (Å²) in [6.45, 7) is 16.6. The number of thiophene rings is 1. The van der Waals surface area contributed by atoms with Crippen LogP contribution in [0.5, 0.6) is 0 Å². The van der Waals surface area contributed by atoms with Crippen LogP contribution in [0.25, 0.3) is 0 Å². The lowest BCUT2D eigenvalue weighted by molar-refractivity contribution is 0.504. The molecule has 0 saturated carbocycles. The summed E-state index contributed by atoms with van der Waals surface area (Å²) < 4.78 is 5.08. The molecule has 0 spiro atoms. The Morgan fingerprint density at radius 2 is 1.18 bits per heavy atom. The molecule has 1 aliphatic heterocycles. The number of allylic oxidation sites excluding steroid dienone is 5. The van der Waals surface area contributed by atoms with Gasteiger partial charge in [-0.15, -0.1) is 11.3 Å². The van der Waals surface area contributed by atoms with Crippen molar-refractivity contribution in [2.75, 3.05) is 0 Å². The van der Waals surface area contributed by atoms with Gasteiger partial charge >= 0.3 is 0 Å². The predicted molar refractivity (Wildman–Crippen MR) is 126 cm³/mol. The van der Waals surface area contributed by atoms with Crippen LogP contribution in [-0.4, -0.2) is 5.71 Å². The number of aryl methyl sites for hydroxylation is 4. The van der Waals surface area contributed by atoms with E-state index < -0.39 is 0 Å². The summed E-state index contributed by atoms with van der Waals surface area (Å²) in [6.07, 6.45) is 8.56. The minimum atomic E-state index is 0.984. The number of rotatable bonds is 0. The van der Waals surface area contributed by atoms with Gasteiger partial charge in [0.25, 0.3) is 0 Å². The van der Waals surface area contributed by atoms with Crippen LogP contribution in [-0.2, 0) is 0 Å². The Labute approximate surface area is 175 Å². The average Bonchev–Trinajstić information content (AvgIpc) is 3.37. The van der Waals surface area contributed by atoms with Crippen LogP contribution in [0.15, 0.2) is 68.7 Å². The van der Waals surface area contributed by atoms with Crippen molar-refractivity contribution in [2.45, 2.75) is 68.2 Å². The van der Waals surface area contributed by atoms with Gasteiger partial charge in [0.1, 0.15) is 11.5 Å². The van der Waals surface area contributed by atoms with Crippen LogP contribution in [0.2, 0.25) is 0 Å². The standard InChI is InChI=1S/C7H10.C6H9N.C6H8O.C6H8S/c1-6-3-4-7(2)5-6;1-5-3-6(2)7-4-5;2*1-5-3-4-6(2)7-5/h3-4H,5H2,1-2H3;4H,3H2,1-2H3;2*3-4H,1-2H3. The van der Waals surface area contributed by atoms with Gasteiger partial charge in [-0.25, -0.2) is 0 Å². The molecule has 1 aliphatic carbocycles. The summed E-state index contributed by atoms with van der Waals surface area (Å²) in [4.78, 5) is 6.87. The maximum Gasteiger partial charge on any atom is 0.101 e. The van der Waals surface area contributed by atoms with Crippen LogP contribution in [0, 0.1) is 27.7 Å². The fourth-order valence-electron chi connectivity index (χ4n) is 2.67. The molecule has 28 heavy (non-hydrogen) atoms. The third kappa shape index (κ3) is 10.9. The highest BCUT2D eigenvalue weighted by Gasteiger charge is 1.97. The molecule has 0 N–H and O–H groups in total. The van der Waals surface area contributed by atoms with Crippen LogP contribution in [0.1, 0.15) is 61.8 Å². The van der Waals surface area contributed by atoms with Gasteiger partial charge in [0, 0.05) is 28.1 Å². The molecule has 0 unspecified atom stereocenters. The first-order valence-corrected chi connectivity index (χ1v) is 10.5. The first kappa shape index (κ1) is 23.9. The van der Waals surface area contributed by atoms with E-state index in [9.17, 15) is 0 Å². The molecule has 0 aromatic carbocycles. The van der Waals surface area contributed by atoms with Gasteiger partial charge in [-0.2, -0.15) is 0 Å². The zero-order valence-corrected chi connectivity index (χ0v) is 19.5. The lowest BCUT2D eigenvalue weighted by Crippen LogP contribution is -1.82. The molecule has 4 rings (SSSR count). The van der Waals surface area contributed by atoms with E-state index in [1.807, 2.05) is 50.4 Å². The lowest BCUT2D eigenvalue weighted by atomic mass is 10.2. The molecule has 0 atom stereocenters. The second-order valence-electron chi connectivity index (χ2n) is 7.53. The zero-order chi connectivity index (χ0) is 21.1. The highest BCUT2D eigenvalue weighted by molar-refractivity contribution is 7.11. The highest BCUT2D eigenvalue weighted by atomic mass is 32.1. The third-order valence-electron chi connectivity index (χ3n) is 4.00. The Balaban J connectivity index is 0.000000187. The molecule has 3 heterocycles. The molecule has 2 aliphatic rings. The molecule has 3 heteroatoms. The Hall–Kier alpha value is -2.13. The largest absolute Gasteiger partial charge is 0.467 e. The molecule has 152 valence electrons. The second-order valence-corrected chi connectivity index (χ2v) is 9.02. The van der Waals surface area contributed by atoms with Crippen molar-refractivity contribution < 1.29 is 4.42 Å². The summed E-state index contributed by atoms with van der Waals surface area (Å²) >= 11 is 1.84. The van der Waals surface area contributed by atoms with Crippen molar-refractivity contribution in [2.24, 2.45) is 4.99 Å². The van der Waals surface area contributed by atoms with Gasteiger partial charge in [0.2, 0.25) is 0 Å². The van der Waals surface area contributed by atoms with E-state index in [-0.39, 0.29) is 0 Å². The summed E-state index contributed by atoms with van der Waals surface area (Å²) in [5.74, 6) is 1.97. The van der Waals surface area contributed by atoms with Gasteiger partial charge in [0.15, 0.2) is 0 Å². The number of hydrogen-bond donors (Lipinski definition) is 0. The second kappa shape index (κ2) is 12.4. The van der Waals surface area contributed by atoms with Gasteiger partial charge in [-0.1, -0.05) is 23.3 Å². The Kier molecular flexibility index (Phi) is 10.5. The average molecular weight is 398 g/mol. The summed E-state index contributed by atoms with van der Waals surface area (Å²) in [6, 6.07) is 8.19. The minimum absolute atomic E-state index is 0.984. The van der Waals surface area contributed by atoms with Crippen molar-refractivity contribution in [3.05, 3.63) is 80.6 Å². The first-order chi connectivity index (χ1) is 13.2. The van der Waals surface area contributed by atoms with Crippen molar-refractivity contribution in [3.8, 4) is 0 Å². The van der Waals surface area contributed by atoms with Crippen LogP contribution >= 0.6 is 11.3 Å². The monoisotopic (exact) mass is 397 g/mol. The Morgan fingerprint density at radius 3 is 1.32 bits per heavy atom. The summed E-state index contributed by atoms with van der Waals surface area (Å²) in [7, 11) is 0. The SMILES string of the molecule is CC1=CC=C(C)C1.CC1=CN=C(C)C1.Cc1ccc(C)o1.Cc1ccc(C)s1. The van der Waals surface area contributed by atoms with E-state index in [1.54, 1.807) is 0 Å². The number of aliphatic imine (C=N–C) groups is 1. The quantitative estimate of drug-likeness (QED) is 0.439. The summed E-state index contributed by atoms with van der Waals surface area (Å²) in [5.41, 5.74) is 5.57. The van der Waals surface area contributed by atoms with Gasteiger partial charge in [-0.05, 0) is 91.6 Å². The van der Waals surface area contributed by atoms with E-state index in [1.165, 1.54) is 38.6 Å². The predicted octanol–water partition coefficient (Wildman–Crippen LogP) is 8.30. The molecule has 2 nitrogen and oxygen atoms in total. The fourth-order valence-corrected chi connectivity index (χ4v) is 3.45. The van der Waals surface area contributed by atoms with Crippen LogP contribution < -0.4 is 0 Å². The van der Waals surface area contributed by atoms with E-state index in [0.717, 1.165) is 17.9 Å². The Bertz CT molecular complexity index is 721. The molecule has 0 amide bonds. The lowest BCUT2D eigenvalue weighted by Gasteiger charge is -1.87. The van der Waals surface area contributed by atoms with E-state index in [2.05, 4.69) is 63.9 Å². The molecule has 2 aromatic rings. The fraction of sp³-hybridized carbons (Fsp3) is 0.400. The smallest absolute Gasteiger partial charge is 0.101 e. The topological polar surface area (TPSA) is 25.5 Å². The first-order valence-electron chi connectivity index (χ1n) is 9.73. The molecule has 0 radical (unpaired) electrons. The Morgan fingerprint density at radius 1 is 0.679 bits per heavy atom. The van der Waals surface area contributed by atoms with E-state index in [0.29, 0.717) is 0 Å². The van der Waals surface area contributed by atoms with E-state index in [4.69, 9.17) is 4.42 Å². The minimum Gasteiger partial charge on any atom is -0.467 e.